The number of carbonyl (C=O) groups is 2. The molecule has 0 bridgehead atoms. The van der Waals surface area contributed by atoms with Crippen molar-refractivity contribution in [1.82, 2.24) is 9.88 Å². The molecular weight excluding hydrogens is 390 g/mol. The van der Waals surface area contributed by atoms with Crippen LogP contribution >= 0.6 is 11.6 Å². The molecule has 0 aliphatic heterocycles. The zero-order valence-corrected chi connectivity index (χ0v) is 17.5. The van der Waals surface area contributed by atoms with Crippen LogP contribution in [0.25, 0.3) is 10.9 Å². The van der Waals surface area contributed by atoms with E-state index in [-0.39, 0.29) is 18.4 Å². The molecule has 29 heavy (non-hydrogen) atoms. The molecule has 0 spiro atoms. The second-order valence-electron chi connectivity index (χ2n) is 6.93. The second-order valence-corrected chi connectivity index (χ2v) is 7.37. The van der Waals surface area contributed by atoms with Gasteiger partial charge in [0.25, 0.3) is 5.91 Å². The lowest BCUT2D eigenvalue weighted by Gasteiger charge is -2.21. The van der Waals surface area contributed by atoms with Gasteiger partial charge in [-0.25, -0.2) is 0 Å². The molecule has 152 valence electrons. The maximum Gasteiger partial charge on any atom is 0.270 e. The molecule has 2 N–H and O–H groups in total. The number of rotatable bonds is 7. The summed E-state index contributed by atoms with van der Waals surface area (Å²) in [5, 5.41) is 4.33. The highest BCUT2D eigenvalue weighted by atomic mass is 35.5. The van der Waals surface area contributed by atoms with E-state index < -0.39 is 0 Å². The molecule has 0 fully saturated rings. The fourth-order valence-corrected chi connectivity index (χ4v) is 3.27. The molecule has 0 aliphatic carbocycles. The number of nitrogens with zero attached hydrogens (tertiary/aromatic N) is 1. The number of H-pyrrole nitrogens is 1. The number of anilines is 1. The maximum absolute atomic E-state index is 13.0. The van der Waals surface area contributed by atoms with Gasteiger partial charge in [0.05, 0.1) is 6.61 Å². The molecule has 6 nitrogen and oxygen atoms in total. The number of aromatic amines is 1. The third kappa shape index (κ3) is 4.96. The lowest BCUT2D eigenvalue weighted by atomic mass is 10.1. The molecule has 7 heteroatoms. The molecule has 1 heterocycles. The number of aryl methyl sites for hydroxylation is 1. The van der Waals surface area contributed by atoms with Crippen LogP contribution in [-0.4, -0.2) is 48.5 Å². The summed E-state index contributed by atoms with van der Waals surface area (Å²) < 4.78 is 5.11. The van der Waals surface area contributed by atoms with E-state index in [1.54, 1.807) is 25.3 Å². The molecule has 0 unspecified atom stereocenters. The molecule has 0 aliphatic rings. The highest BCUT2D eigenvalue weighted by Gasteiger charge is 2.21. The average Bonchev–Trinajstić information content (AvgIpc) is 3.11. The van der Waals surface area contributed by atoms with Gasteiger partial charge in [0, 0.05) is 35.3 Å². The lowest BCUT2D eigenvalue weighted by Crippen LogP contribution is -2.40. The van der Waals surface area contributed by atoms with Crippen molar-refractivity contribution in [2.75, 3.05) is 32.1 Å². The highest BCUT2D eigenvalue weighted by Crippen LogP contribution is 2.21. The molecule has 3 aromatic rings. The van der Waals surface area contributed by atoms with Crippen LogP contribution in [0.5, 0.6) is 0 Å². The Morgan fingerprint density at radius 1 is 1.17 bits per heavy atom. The Hall–Kier alpha value is -2.83. The van der Waals surface area contributed by atoms with E-state index in [0.717, 1.165) is 27.7 Å². The van der Waals surface area contributed by atoms with Crippen molar-refractivity contribution in [2.45, 2.75) is 13.8 Å². The van der Waals surface area contributed by atoms with Crippen molar-refractivity contribution in [2.24, 2.45) is 0 Å². The topological polar surface area (TPSA) is 74.4 Å². The molecule has 3 rings (SSSR count). The van der Waals surface area contributed by atoms with E-state index in [2.05, 4.69) is 10.3 Å². The predicted octanol–water partition coefficient (Wildman–Crippen LogP) is 4.17. The summed E-state index contributed by atoms with van der Waals surface area (Å²) >= 11 is 6.03. The number of halogens is 1. The highest BCUT2D eigenvalue weighted by molar-refractivity contribution is 6.31. The zero-order valence-electron chi connectivity index (χ0n) is 16.7. The number of carbonyl (C=O) groups excluding carboxylic acids is 2. The number of hydrogen-bond acceptors (Lipinski definition) is 3. The van der Waals surface area contributed by atoms with Crippen molar-refractivity contribution in [3.8, 4) is 0 Å². The summed E-state index contributed by atoms with van der Waals surface area (Å²) in [6, 6.07) is 12.8. The summed E-state index contributed by atoms with van der Waals surface area (Å²) in [6.07, 6.45) is 0. The predicted molar refractivity (Wildman–Crippen MR) is 116 cm³/mol. The quantitative estimate of drug-likeness (QED) is 0.610. The van der Waals surface area contributed by atoms with Gasteiger partial charge in [0.1, 0.15) is 12.2 Å². The Kier molecular flexibility index (Phi) is 6.56. The molecule has 0 radical (unpaired) electrons. The summed E-state index contributed by atoms with van der Waals surface area (Å²) in [5.41, 5.74) is 4.05. The minimum Gasteiger partial charge on any atom is -0.383 e. The SMILES string of the molecule is COCCN(CC(=O)Nc1cccc(C)c1C)C(=O)c1cc2cc(Cl)ccc2[nH]1. The van der Waals surface area contributed by atoms with E-state index in [4.69, 9.17) is 16.3 Å². The van der Waals surface area contributed by atoms with Gasteiger partial charge in [0.15, 0.2) is 0 Å². The third-order valence-corrected chi connectivity index (χ3v) is 5.11. The summed E-state index contributed by atoms with van der Waals surface area (Å²) in [7, 11) is 1.56. The fraction of sp³-hybridized carbons (Fsp3) is 0.273. The molecule has 1 aromatic heterocycles. The first-order chi connectivity index (χ1) is 13.9. The van der Waals surface area contributed by atoms with Crippen LogP contribution in [0.3, 0.4) is 0 Å². The molecule has 2 amide bonds. The summed E-state index contributed by atoms with van der Waals surface area (Å²) in [4.78, 5) is 30.2. The maximum atomic E-state index is 13.0. The van der Waals surface area contributed by atoms with E-state index in [9.17, 15) is 9.59 Å². The first-order valence-electron chi connectivity index (χ1n) is 9.31. The van der Waals surface area contributed by atoms with Gasteiger partial charge in [-0.05, 0) is 55.3 Å². The van der Waals surface area contributed by atoms with Crippen molar-refractivity contribution in [3.63, 3.8) is 0 Å². The first-order valence-corrected chi connectivity index (χ1v) is 9.69. The minimum atomic E-state index is -0.273. The smallest absolute Gasteiger partial charge is 0.270 e. The van der Waals surface area contributed by atoms with Crippen molar-refractivity contribution in [3.05, 3.63) is 64.3 Å². The normalized spacial score (nSPS) is 10.9. The number of nitrogens with one attached hydrogen (secondary N) is 2. The van der Waals surface area contributed by atoms with Gasteiger partial charge in [-0.2, -0.15) is 0 Å². The third-order valence-electron chi connectivity index (χ3n) is 4.88. The van der Waals surface area contributed by atoms with Gasteiger partial charge >= 0.3 is 0 Å². The van der Waals surface area contributed by atoms with Crippen molar-refractivity contribution in [1.29, 1.82) is 0 Å². The van der Waals surface area contributed by atoms with E-state index in [1.807, 2.05) is 38.1 Å². The summed E-state index contributed by atoms with van der Waals surface area (Å²) in [5.74, 6) is -0.534. The molecule has 2 aromatic carbocycles. The monoisotopic (exact) mass is 413 g/mol. The van der Waals surface area contributed by atoms with Crippen molar-refractivity contribution < 1.29 is 14.3 Å². The molecular formula is C22H24ClN3O3. The number of ether oxygens (including phenoxy) is 1. The number of fused-ring (bicyclic) bond motifs is 1. The Morgan fingerprint density at radius 3 is 2.72 bits per heavy atom. The van der Waals surface area contributed by atoms with Crippen LogP contribution in [0.4, 0.5) is 5.69 Å². The lowest BCUT2D eigenvalue weighted by molar-refractivity contribution is -0.117. The van der Waals surface area contributed by atoms with Crippen LogP contribution in [-0.2, 0) is 9.53 Å². The molecule has 0 saturated heterocycles. The van der Waals surface area contributed by atoms with Gasteiger partial charge in [0.2, 0.25) is 5.91 Å². The van der Waals surface area contributed by atoms with Crippen LogP contribution < -0.4 is 5.32 Å². The number of amides is 2. The Bertz CT molecular complexity index is 1040. The number of benzene rings is 2. The average molecular weight is 414 g/mol. The van der Waals surface area contributed by atoms with Crippen LogP contribution in [0, 0.1) is 13.8 Å². The Labute approximate surface area is 174 Å². The van der Waals surface area contributed by atoms with Gasteiger partial charge in [-0.1, -0.05) is 23.7 Å². The van der Waals surface area contributed by atoms with Crippen LogP contribution in [0.2, 0.25) is 5.02 Å². The van der Waals surface area contributed by atoms with Gasteiger partial charge in [-0.15, -0.1) is 0 Å². The minimum absolute atomic E-state index is 0.0777. The number of methoxy groups -OCH3 is 1. The van der Waals surface area contributed by atoms with Gasteiger partial charge < -0.3 is 19.9 Å². The Morgan fingerprint density at radius 2 is 1.97 bits per heavy atom. The van der Waals surface area contributed by atoms with E-state index in [1.165, 1.54) is 4.90 Å². The first kappa shape index (κ1) is 20.9. The van der Waals surface area contributed by atoms with Crippen LogP contribution in [0.1, 0.15) is 21.6 Å². The Balaban J connectivity index is 1.77. The van der Waals surface area contributed by atoms with Gasteiger partial charge in [-0.3, -0.25) is 9.59 Å². The fourth-order valence-electron chi connectivity index (χ4n) is 3.09. The zero-order chi connectivity index (χ0) is 21.0. The van der Waals surface area contributed by atoms with Crippen LogP contribution in [0.15, 0.2) is 42.5 Å². The standard InChI is InChI=1S/C22H24ClN3O3/c1-14-5-4-6-18(15(14)2)25-21(27)13-26(9-10-29-3)22(28)20-12-16-11-17(23)7-8-19(16)24-20/h4-8,11-12,24H,9-10,13H2,1-3H3,(H,25,27). The number of hydrogen-bond donors (Lipinski definition) is 2. The molecule has 0 saturated carbocycles. The summed E-state index contributed by atoms with van der Waals surface area (Å²) in [6.45, 7) is 4.49. The van der Waals surface area contributed by atoms with E-state index >= 15 is 0 Å². The largest absolute Gasteiger partial charge is 0.383 e. The molecule has 0 atom stereocenters. The van der Waals surface area contributed by atoms with Crippen molar-refractivity contribution >= 4 is 40.0 Å². The van der Waals surface area contributed by atoms with E-state index in [0.29, 0.717) is 23.9 Å². The number of aromatic nitrogens is 1. The second kappa shape index (κ2) is 9.11.